The van der Waals surface area contributed by atoms with Gasteiger partial charge < -0.3 is 14.4 Å². The van der Waals surface area contributed by atoms with Gasteiger partial charge in [-0.3, -0.25) is 4.39 Å². The van der Waals surface area contributed by atoms with Crippen molar-refractivity contribution in [3.05, 3.63) is 145 Å². The van der Waals surface area contributed by atoms with Crippen LogP contribution < -0.4 is 0 Å². The Labute approximate surface area is 281 Å². The van der Waals surface area contributed by atoms with Crippen molar-refractivity contribution >= 4 is 21.9 Å². The summed E-state index contributed by atoms with van der Waals surface area (Å²) < 4.78 is 74.2. The molecular formula is C39H31FIrN2O-2. The number of fused-ring (bicyclic) bond motifs is 3. The molecule has 221 valence electrons. The van der Waals surface area contributed by atoms with E-state index >= 15 is 0 Å². The van der Waals surface area contributed by atoms with Crippen molar-refractivity contribution in [2.24, 2.45) is 5.92 Å². The van der Waals surface area contributed by atoms with Gasteiger partial charge in [0.2, 0.25) is 0 Å². The van der Waals surface area contributed by atoms with Gasteiger partial charge in [-0.2, -0.15) is 0 Å². The zero-order chi connectivity index (χ0) is 35.8. The van der Waals surface area contributed by atoms with Gasteiger partial charge in [0, 0.05) is 50.6 Å². The summed E-state index contributed by atoms with van der Waals surface area (Å²) in [4.78, 5) is 8.55. The van der Waals surface area contributed by atoms with E-state index in [1.165, 1.54) is 36.5 Å². The Bertz CT molecular complexity index is 2280. The molecule has 0 atom stereocenters. The fourth-order valence-electron chi connectivity index (χ4n) is 4.69. The van der Waals surface area contributed by atoms with Gasteiger partial charge in [-0.15, -0.1) is 48.0 Å². The molecule has 0 aliphatic heterocycles. The number of halogens is 1. The number of furan rings is 1. The number of rotatable bonds is 5. The zero-order valence-corrected chi connectivity index (χ0v) is 26.3. The molecule has 0 bridgehead atoms. The summed E-state index contributed by atoms with van der Waals surface area (Å²) in [6, 6.07) is 31.7. The van der Waals surface area contributed by atoms with Gasteiger partial charge in [0.05, 0.1) is 8.32 Å². The maximum atomic E-state index is 12.7. The molecule has 0 fully saturated rings. The van der Waals surface area contributed by atoms with Crippen molar-refractivity contribution in [2.75, 3.05) is 0 Å². The number of hydrogen-bond acceptors (Lipinski definition) is 3. The van der Waals surface area contributed by atoms with Crippen LogP contribution in [0.3, 0.4) is 0 Å². The van der Waals surface area contributed by atoms with Crippen molar-refractivity contribution in [3.8, 4) is 33.6 Å². The second kappa shape index (κ2) is 13.9. The molecule has 1 radical (unpaired) electrons. The molecule has 0 unspecified atom stereocenters. The van der Waals surface area contributed by atoms with Gasteiger partial charge in [-0.1, -0.05) is 85.4 Å². The van der Waals surface area contributed by atoms with Crippen LogP contribution in [-0.4, -0.2) is 9.97 Å². The molecule has 3 heterocycles. The number of hydrogen-bond donors (Lipinski definition) is 0. The Hall–Kier alpha value is -4.44. The molecule has 7 rings (SSSR count). The summed E-state index contributed by atoms with van der Waals surface area (Å²) in [6.07, 6.45) is 1.35. The number of pyridine rings is 2. The number of benzene rings is 4. The summed E-state index contributed by atoms with van der Waals surface area (Å²) >= 11 is 0. The minimum atomic E-state index is -2.15. The molecule has 0 aliphatic rings. The van der Waals surface area contributed by atoms with Gasteiger partial charge in [0.25, 0.3) is 0 Å². The van der Waals surface area contributed by atoms with E-state index in [1.54, 1.807) is 38.2 Å². The second-order valence-electron chi connectivity index (χ2n) is 10.2. The minimum absolute atomic E-state index is 0. The molecule has 7 aromatic rings. The largest absolute Gasteiger partial charge is 0.501 e. The van der Waals surface area contributed by atoms with Crippen molar-refractivity contribution in [3.63, 3.8) is 0 Å². The van der Waals surface area contributed by atoms with Gasteiger partial charge in [-0.05, 0) is 64.9 Å². The predicted molar refractivity (Wildman–Crippen MR) is 173 cm³/mol. The average molecular weight is 762 g/mol. The second-order valence-corrected chi connectivity index (χ2v) is 10.2. The van der Waals surface area contributed by atoms with E-state index in [1.807, 2.05) is 42.5 Å². The number of aromatic nitrogens is 2. The molecule has 5 heteroatoms. The van der Waals surface area contributed by atoms with E-state index in [0.29, 0.717) is 39.2 Å². The molecule has 0 saturated carbocycles. The summed E-state index contributed by atoms with van der Waals surface area (Å²) in [5.41, 5.74) is 5.69. The first-order valence-corrected chi connectivity index (χ1v) is 13.8. The first-order chi connectivity index (χ1) is 23.7. The predicted octanol–water partition coefficient (Wildman–Crippen LogP) is 10.3. The molecule has 4 aromatic carbocycles. The monoisotopic (exact) mass is 762 g/mol. The smallest absolute Gasteiger partial charge is 0.120 e. The molecule has 0 aliphatic carbocycles. The topological polar surface area (TPSA) is 38.9 Å². The van der Waals surface area contributed by atoms with Crippen LogP contribution in [0.4, 0.5) is 4.39 Å². The average Bonchev–Trinajstić information content (AvgIpc) is 3.47. The summed E-state index contributed by atoms with van der Waals surface area (Å²) in [5.74, 6) is -0.637. The standard InChI is InChI=1S/C27H22NO.C12H9FN.Ir/c1-18(2)16-19-10-12-20(13-11-19)21-14-15-28-25(17-21)24-8-5-7-23-22-6-3-4-9-26(22)29-27(23)24;1-9-2-7-12(14-8-9)10-3-5-11(13)6-4-10;/h3-7,9-15,17-18H,16H2,1-2H3;2-3,5-8H,1H3;/q2*-1;/i12D,13D,16D2;1D3;. The molecule has 3 aromatic heterocycles. The molecule has 0 saturated heterocycles. The van der Waals surface area contributed by atoms with Crippen LogP contribution in [0.25, 0.3) is 55.6 Å². The Balaban J connectivity index is 0.000000237. The fraction of sp³-hybridized carbons (Fsp3) is 0.128. The third-order valence-corrected chi connectivity index (χ3v) is 6.66. The maximum absolute atomic E-state index is 12.7. The van der Waals surface area contributed by atoms with Crippen LogP contribution in [0.1, 0.15) is 34.6 Å². The Kier molecular flexibility index (Phi) is 7.27. The first-order valence-electron chi connectivity index (χ1n) is 17.3. The molecule has 44 heavy (non-hydrogen) atoms. The maximum Gasteiger partial charge on any atom is 0.120 e. The molecular weight excluding hydrogens is 724 g/mol. The number of para-hydroxylation sites is 1. The third kappa shape index (κ3) is 7.02. The van der Waals surface area contributed by atoms with Crippen molar-refractivity contribution in [1.82, 2.24) is 9.97 Å². The molecule has 0 N–H and O–H groups in total. The van der Waals surface area contributed by atoms with E-state index in [-0.39, 0.29) is 49.5 Å². The fourth-order valence-corrected chi connectivity index (χ4v) is 4.69. The quantitative estimate of drug-likeness (QED) is 0.164. The van der Waals surface area contributed by atoms with Crippen molar-refractivity contribution in [1.29, 1.82) is 0 Å². The zero-order valence-electron chi connectivity index (χ0n) is 30.9. The van der Waals surface area contributed by atoms with Crippen LogP contribution in [0.15, 0.2) is 120 Å². The summed E-state index contributed by atoms with van der Waals surface area (Å²) in [7, 11) is 0. The van der Waals surface area contributed by atoms with E-state index in [4.69, 9.17) is 14.0 Å². The van der Waals surface area contributed by atoms with E-state index < -0.39 is 13.2 Å². The van der Waals surface area contributed by atoms with Gasteiger partial charge in [-0.25, -0.2) is 0 Å². The number of nitrogens with zero attached hydrogens (tertiary/aromatic N) is 2. The van der Waals surface area contributed by atoms with Gasteiger partial charge in [0.1, 0.15) is 5.58 Å². The Morgan fingerprint density at radius 1 is 0.909 bits per heavy atom. The molecule has 3 nitrogen and oxygen atoms in total. The summed E-state index contributed by atoms with van der Waals surface area (Å²) in [5, 5.41) is 2.00. The van der Waals surface area contributed by atoms with Crippen LogP contribution in [0.2, 0.25) is 0 Å². The van der Waals surface area contributed by atoms with Crippen LogP contribution >= 0.6 is 0 Å². The first kappa shape index (κ1) is 23.0. The van der Waals surface area contributed by atoms with Crippen molar-refractivity contribution < 1.29 is 38.5 Å². The van der Waals surface area contributed by atoms with Crippen LogP contribution in [0.5, 0.6) is 0 Å². The SMILES string of the molecule is [2H]C([2H])([2H])c1ccc(-c2[c-]cc(F)cc2)nc1.[2H]c1cc(C([2H])([2H])C(C)C)cc([2H])c1-c1ccnc(-c2[c-]ccc3c2oc2ccccc23)c1.[Ir]. The normalized spacial score (nSPS) is 13.8. The van der Waals surface area contributed by atoms with E-state index in [0.717, 1.165) is 21.9 Å². The van der Waals surface area contributed by atoms with Crippen LogP contribution in [0, 0.1) is 30.7 Å². The van der Waals surface area contributed by atoms with Crippen LogP contribution in [-0.2, 0) is 26.5 Å². The molecule has 0 spiro atoms. The van der Waals surface area contributed by atoms with Gasteiger partial charge in [0.15, 0.2) is 0 Å². The minimum Gasteiger partial charge on any atom is -0.501 e. The van der Waals surface area contributed by atoms with Crippen molar-refractivity contribution in [2.45, 2.75) is 27.1 Å². The van der Waals surface area contributed by atoms with Gasteiger partial charge >= 0.3 is 0 Å². The van der Waals surface area contributed by atoms with E-state index in [9.17, 15) is 4.39 Å². The summed E-state index contributed by atoms with van der Waals surface area (Å²) in [6.45, 7) is 1.44. The molecule has 0 amide bonds. The third-order valence-electron chi connectivity index (χ3n) is 6.66. The Morgan fingerprint density at radius 2 is 1.75 bits per heavy atom. The number of aryl methyl sites for hydroxylation is 1. The Morgan fingerprint density at radius 3 is 2.48 bits per heavy atom. The van der Waals surface area contributed by atoms with E-state index in [2.05, 4.69) is 22.1 Å².